The van der Waals surface area contributed by atoms with E-state index in [1.165, 1.54) is 20.4 Å². The summed E-state index contributed by atoms with van der Waals surface area (Å²) in [4.78, 5) is 0. The molecule has 1 rings (SSSR count). The zero-order valence-electron chi connectivity index (χ0n) is 10.2. The average Bonchev–Trinajstić information content (AvgIpc) is 2.42. The van der Waals surface area contributed by atoms with Gasteiger partial charge in [0.1, 0.15) is 6.67 Å². The number of halogens is 1. The van der Waals surface area contributed by atoms with E-state index in [0.29, 0.717) is 0 Å². The Labute approximate surface area is 101 Å². The van der Waals surface area contributed by atoms with Crippen molar-refractivity contribution in [2.75, 3.05) is 20.8 Å². The van der Waals surface area contributed by atoms with E-state index in [9.17, 15) is 4.39 Å². The first-order valence-corrected chi connectivity index (χ1v) is 5.25. The Balaban J connectivity index is 0.00000121. The molecule has 1 aromatic carbocycles. The van der Waals surface area contributed by atoms with Gasteiger partial charge in [-0.1, -0.05) is 24.3 Å². The molecular weight excluding hydrogens is 221 g/mol. The molecule has 2 unspecified atom stereocenters. The lowest BCUT2D eigenvalue weighted by molar-refractivity contribution is 0.0721. The van der Waals surface area contributed by atoms with Crippen LogP contribution in [0.5, 0.6) is 0 Å². The zero-order valence-corrected chi connectivity index (χ0v) is 10.2. The maximum absolute atomic E-state index is 12.4. The van der Waals surface area contributed by atoms with Crippen LogP contribution in [0.2, 0.25) is 0 Å². The predicted molar refractivity (Wildman–Crippen MR) is 68.1 cm³/mol. The number of nitrogens with two attached hydrogens (primary N) is 2. The molecule has 0 fully saturated rings. The van der Waals surface area contributed by atoms with E-state index in [0.717, 1.165) is 11.1 Å². The molecule has 17 heavy (non-hydrogen) atoms. The van der Waals surface area contributed by atoms with Crippen LogP contribution in [0.25, 0.3) is 0 Å². The molecule has 0 aliphatic heterocycles. The lowest BCUT2D eigenvalue weighted by atomic mass is 10.0. The third kappa shape index (κ3) is 4.60. The van der Waals surface area contributed by atoms with E-state index in [2.05, 4.69) is 5.73 Å². The number of rotatable bonds is 5. The van der Waals surface area contributed by atoms with Crippen LogP contribution in [0.4, 0.5) is 4.39 Å². The fourth-order valence-corrected chi connectivity index (χ4v) is 1.42. The van der Waals surface area contributed by atoms with Gasteiger partial charge in [0, 0.05) is 13.3 Å². The Morgan fingerprint density at radius 1 is 1.35 bits per heavy atom. The lowest BCUT2D eigenvalue weighted by Crippen LogP contribution is -2.31. The minimum atomic E-state index is -0.652. The summed E-state index contributed by atoms with van der Waals surface area (Å²) in [5.74, 6) is 0. The Kier molecular flexibility index (Phi) is 8.13. The largest absolute Gasteiger partial charge is 0.375 e. The normalized spacial score (nSPS) is 13.2. The highest BCUT2D eigenvalue weighted by Crippen LogP contribution is 2.20. The first-order chi connectivity index (χ1) is 8.22. The van der Waals surface area contributed by atoms with Gasteiger partial charge in [-0.15, -0.1) is 0 Å². The molecule has 0 aromatic heterocycles. The predicted octanol–water partition coefficient (Wildman–Crippen LogP) is 1.24. The van der Waals surface area contributed by atoms with Crippen LogP contribution in [0.1, 0.15) is 17.2 Å². The van der Waals surface area contributed by atoms with Gasteiger partial charge in [-0.2, -0.15) is 0 Å². The molecule has 96 valence electrons. The Morgan fingerprint density at radius 3 is 2.24 bits per heavy atom. The molecule has 5 N–H and O–H groups in total. The molecular formula is C12H20FN3O. The van der Waals surface area contributed by atoms with Gasteiger partial charge in [-0.05, 0) is 18.2 Å². The van der Waals surface area contributed by atoms with Gasteiger partial charge < -0.3 is 21.6 Å². The van der Waals surface area contributed by atoms with E-state index < -0.39 is 18.8 Å². The van der Waals surface area contributed by atoms with Crippen LogP contribution in [-0.2, 0) is 4.74 Å². The van der Waals surface area contributed by atoms with Crippen LogP contribution >= 0.6 is 0 Å². The number of alkyl halides is 1. The maximum Gasteiger partial charge on any atom is 0.107 e. The molecule has 0 aliphatic rings. The molecule has 0 heterocycles. The number of hydrogen-bond donors (Lipinski definition) is 3. The first kappa shape index (κ1) is 15.7. The van der Waals surface area contributed by atoms with Crippen LogP contribution < -0.4 is 11.5 Å². The van der Waals surface area contributed by atoms with Crippen molar-refractivity contribution in [3.63, 3.8) is 0 Å². The fourth-order valence-electron chi connectivity index (χ4n) is 1.42. The van der Waals surface area contributed by atoms with Gasteiger partial charge in [0.15, 0.2) is 0 Å². The minimum absolute atomic E-state index is 0.435. The molecule has 0 amide bonds. The summed E-state index contributed by atoms with van der Waals surface area (Å²) in [6.45, 7) is -0.620. The summed E-state index contributed by atoms with van der Waals surface area (Å²) in [5.41, 5.74) is 11.7. The summed E-state index contributed by atoms with van der Waals surface area (Å²) >= 11 is 0. The van der Waals surface area contributed by atoms with Crippen LogP contribution in [0, 0.1) is 5.41 Å². The van der Waals surface area contributed by atoms with E-state index in [-0.39, 0.29) is 0 Å². The summed E-state index contributed by atoms with van der Waals surface area (Å²) in [6.07, 6.45) is 0.815. The molecule has 0 bridgehead atoms. The van der Waals surface area contributed by atoms with Gasteiger partial charge in [0.05, 0.1) is 12.1 Å². The Hall–Kier alpha value is -1.30. The van der Waals surface area contributed by atoms with E-state index in [1.807, 2.05) is 0 Å². The topological polar surface area (TPSA) is 85.1 Å². The quantitative estimate of drug-likeness (QED) is 0.678. The van der Waals surface area contributed by atoms with Gasteiger partial charge in [-0.25, -0.2) is 4.39 Å². The molecule has 0 saturated heterocycles. The second-order valence-electron chi connectivity index (χ2n) is 3.29. The summed E-state index contributed by atoms with van der Waals surface area (Å²) in [7, 11) is 3.00. The van der Waals surface area contributed by atoms with Crippen molar-refractivity contribution in [1.82, 2.24) is 0 Å². The monoisotopic (exact) mass is 241 g/mol. The summed E-state index contributed by atoms with van der Waals surface area (Å²) in [5, 5.41) is 7.05. The van der Waals surface area contributed by atoms with Crippen LogP contribution in [0.3, 0.4) is 0 Å². The van der Waals surface area contributed by atoms with Crippen molar-refractivity contribution in [3.8, 4) is 0 Å². The summed E-state index contributed by atoms with van der Waals surface area (Å²) < 4.78 is 17.6. The van der Waals surface area contributed by atoms with Gasteiger partial charge in [0.2, 0.25) is 0 Å². The second kappa shape index (κ2) is 8.81. The highest BCUT2D eigenvalue weighted by atomic mass is 19.1. The highest BCUT2D eigenvalue weighted by Gasteiger charge is 2.18. The zero-order chi connectivity index (χ0) is 13.3. The van der Waals surface area contributed by atoms with Gasteiger partial charge in [0.25, 0.3) is 0 Å². The molecule has 1 aromatic rings. The van der Waals surface area contributed by atoms with E-state index in [1.54, 1.807) is 24.3 Å². The van der Waals surface area contributed by atoms with Crippen LogP contribution in [-0.4, -0.2) is 33.1 Å². The minimum Gasteiger partial charge on any atom is -0.375 e. The number of nitrogens with one attached hydrogen (secondary N) is 1. The van der Waals surface area contributed by atoms with E-state index >= 15 is 0 Å². The lowest BCUT2D eigenvalue weighted by Gasteiger charge is -2.20. The highest BCUT2D eigenvalue weighted by molar-refractivity contribution is 5.76. The molecule has 0 radical (unpaired) electrons. The van der Waals surface area contributed by atoms with Crippen LogP contribution in [0.15, 0.2) is 24.3 Å². The van der Waals surface area contributed by atoms with Gasteiger partial charge in [-0.3, -0.25) is 0 Å². The van der Waals surface area contributed by atoms with E-state index in [4.69, 9.17) is 15.9 Å². The third-order valence-corrected chi connectivity index (χ3v) is 2.25. The van der Waals surface area contributed by atoms with Crippen molar-refractivity contribution in [3.05, 3.63) is 35.4 Å². The molecule has 0 aliphatic carbocycles. The SMILES string of the molecule is CN.COC(c1ccc(C=N)cc1)C(N)CF. The number of benzene rings is 1. The van der Waals surface area contributed by atoms with Crippen molar-refractivity contribution in [2.45, 2.75) is 12.1 Å². The standard InChI is InChI=1S/C11H15FN2O.CH5N/c1-15-11(10(14)6-12)9-4-2-8(7-13)3-5-9;1-2/h2-5,7,10-11,13H,6,14H2,1H3;2H2,1H3. The second-order valence-corrected chi connectivity index (χ2v) is 3.29. The van der Waals surface area contributed by atoms with Crippen molar-refractivity contribution in [1.29, 1.82) is 5.41 Å². The van der Waals surface area contributed by atoms with Gasteiger partial charge >= 0.3 is 0 Å². The molecule has 0 saturated carbocycles. The Morgan fingerprint density at radius 2 is 1.88 bits per heavy atom. The summed E-state index contributed by atoms with van der Waals surface area (Å²) in [6, 6.07) is 6.49. The number of ether oxygens (including phenoxy) is 1. The number of hydrogen-bond acceptors (Lipinski definition) is 4. The first-order valence-electron chi connectivity index (χ1n) is 5.25. The molecule has 0 spiro atoms. The van der Waals surface area contributed by atoms with Crippen molar-refractivity contribution in [2.24, 2.45) is 11.5 Å². The maximum atomic E-state index is 12.4. The average molecular weight is 241 g/mol. The number of methoxy groups -OCH3 is 1. The fraction of sp³-hybridized carbons (Fsp3) is 0.417. The molecule has 4 nitrogen and oxygen atoms in total. The van der Waals surface area contributed by atoms with Crippen molar-refractivity contribution >= 4 is 6.21 Å². The molecule has 5 heteroatoms. The molecule has 2 atom stereocenters. The third-order valence-electron chi connectivity index (χ3n) is 2.25. The smallest absolute Gasteiger partial charge is 0.107 e. The Bertz CT molecular complexity index is 316. The van der Waals surface area contributed by atoms with Crippen molar-refractivity contribution < 1.29 is 9.13 Å².